The third-order valence-corrected chi connectivity index (χ3v) is 4.08. The van der Waals surface area contributed by atoms with Crippen LogP contribution in [0.5, 0.6) is 11.5 Å². The van der Waals surface area contributed by atoms with Crippen molar-refractivity contribution in [3.8, 4) is 17.6 Å². The molecule has 2 aromatic rings. The van der Waals surface area contributed by atoms with Gasteiger partial charge >= 0.3 is 0 Å². The van der Waals surface area contributed by atoms with Crippen molar-refractivity contribution in [2.45, 2.75) is 26.2 Å². The predicted octanol–water partition coefficient (Wildman–Crippen LogP) is 4.07. The minimum absolute atomic E-state index is 0.243. The highest BCUT2D eigenvalue weighted by Gasteiger charge is 2.22. The number of rotatable bonds is 5. The number of nitrogens with zero attached hydrogens (tertiary/aromatic N) is 1. The van der Waals surface area contributed by atoms with Crippen molar-refractivity contribution in [3.05, 3.63) is 53.1 Å². The number of nitriles is 1. The van der Waals surface area contributed by atoms with Crippen molar-refractivity contribution < 1.29 is 14.3 Å². The molecule has 2 rings (SSSR count). The maximum Gasteiger partial charge on any atom is 0.255 e. The second kappa shape index (κ2) is 7.27. The molecular formula is C20H22N2O3. The smallest absolute Gasteiger partial charge is 0.255 e. The fourth-order valence-electron chi connectivity index (χ4n) is 2.68. The van der Waals surface area contributed by atoms with Crippen LogP contribution in [0.3, 0.4) is 0 Å². The number of aryl methyl sites for hydroxylation is 1. The number of nitrogens with one attached hydrogen (secondary N) is 1. The van der Waals surface area contributed by atoms with Gasteiger partial charge in [-0.15, -0.1) is 0 Å². The highest BCUT2D eigenvalue weighted by Crippen LogP contribution is 2.29. The summed E-state index contributed by atoms with van der Waals surface area (Å²) in [6, 6.07) is 12.8. The zero-order valence-corrected chi connectivity index (χ0v) is 15.1. The summed E-state index contributed by atoms with van der Waals surface area (Å²) >= 11 is 0. The zero-order valence-electron chi connectivity index (χ0n) is 15.1. The summed E-state index contributed by atoms with van der Waals surface area (Å²) in [5.74, 6) is 0.822. The lowest BCUT2D eigenvalue weighted by molar-refractivity contribution is 0.102. The molecule has 0 unspecified atom stereocenters. The fourth-order valence-corrected chi connectivity index (χ4v) is 2.68. The molecule has 25 heavy (non-hydrogen) atoms. The summed E-state index contributed by atoms with van der Waals surface area (Å²) in [5, 5.41) is 12.2. The molecule has 0 spiro atoms. The van der Waals surface area contributed by atoms with Crippen LogP contribution in [-0.2, 0) is 5.41 Å². The summed E-state index contributed by atoms with van der Waals surface area (Å²) in [6.45, 7) is 5.68. The van der Waals surface area contributed by atoms with E-state index in [0.717, 1.165) is 11.1 Å². The molecule has 0 aliphatic carbocycles. The second-order valence-electron chi connectivity index (χ2n) is 6.29. The largest absolute Gasteiger partial charge is 0.493 e. The Morgan fingerprint density at radius 3 is 2.32 bits per heavy atom. The van der Waals surface area contributed by atoms with Crippen molar-refractivity contribution >= 4 is 11.6 Å². The topological polar surface area (TPSA) is 71.3 Å². The van der Waals surface area contributed by atoms with Crippen LogP contribution >= 0.6 is 0 Å². The van der Waals surface area contributed by atoms with Gasteiger partial charge in [-0.1, -0.05) is 6.07 Å². The monoisotopic (exact) mass is 338 g/mol. The molecule has 0 aliphatic rings. The van der Waals surface area contributed by atoms with Gasteiger partial charge in [0.05, 0.1) is 25.7 Å². The van der Waals surface area contributed by atoms with Gasteiger partial charge in [0.2, 0.25) is 0 Å². The van der Waals surface area contributed by atoms with E-state index in [0.29, 0.717) is 22.7 Å². The van der Waals surface area contributed by atoms with Crippen LogP contribution in [0.2, 0.25) is 0 Å². The van der Waals surface area contributed by atoms with Crippen LogP contribution in [0, 0.1) is 18.3 Å². The summed E-state index contributed by atoms with van der Waals surface area (Å²) in [6.07, 6.45) is 0. The van der Waals surface area contributed by atoms with Gasteiger partial charge in [-0.3, -0.25) is 4.79 Å². The van der Waals surface area contributed by atoms with Gasteiger partial charge in [-0.2, -0.15) is 5.26 Å². The number of benzene rings is 2. The van der Waals surface area contributed by atoms with E-state index < -0.39 is 5.41 Å². The molecule has 0 aliphatic heterocycles. The number of carbonyl (C=O) groups excluding carboxylic acids is 1. The normalized spacial score (nSPS) is 10.7. The first-order valence-electron chi connectivity index (χ1n) is 7.88. The first kappa shape index (κ1) is 18.3. The van der Waals surface area contributed by atoms with Crippen LogP contribution < -0.4 is 14.8 Å². The lowest BCUT2D eigenvalue weighted by Crippen LogP contribution is -2.17. The van der Waals surface area contributed by atoms with Crippen molar-refractivity contribution in [2.24, 2.45) is 0 Å². The quantitative estimate of drug-likeness (QED) is 0.892. The molecule has 0 radical (unpaired) electrons. The average molecular weight is 338 g/mol. The summed E-state index contributed by atoms with van der Waals surface area (Å²) in [4.78, 5) is 12.5. The van der Waals surface area contributed by atoms with Crippen molar-refractivity contribution in [1.29, 1.82) is 5.26 Å². The van der Waals surface area contributed by atoms with E-state index in [2.05, 4.69) is 11.4 Å². The first-order valence-corrected chi connectivity index (χ1v) is 7.88. The van der Waals surface area contributed by atoms with Gasteiger partial charge < -0.3 is 14.8 Å². The summed E-state index contributed by atoms with van der Waals surface area (Å²) in [7, 11) is 3.07. The van der Waals surface area contributed by atoms with Gasteiger partial charge in [0.15, 0.2) is 11.5 Å². The van der Waals surface area contributed by atoms with Gasteiger partial charge in [0.25, 0.3) is 5.91 Å². The number of carbonyl (C=O) groups is 1. The molecule has 5 heteroatoms. The fraction of sp³-hybridized carbons (Fsp3) is 0.300. The van der Waals surface area contributed by atoms with Gasteiger partial charge in [0.1, 0.15) is 0 Å². The average Bonchev–Trinajstić information content (AvgIpc) is 2.60. The molecule has 0 bridgehead atoms. The summed E-state index contributed by atoms with van der Waals surface area (Å²) in [5.41, 5.74) is 2.47. The molecule has 1 N–H and O–H groups in total. The molecule has 0 aromatic heterocycles. The number of hydrogen-bond acceptors (Lipinski definition) is 4. The number of hydrogen-bond donors (Lipinski definition) is 1. The Bertz CT molecular complexity index is 835. The summed E-state index contributed by atoms with van der Waals surface area (Å²) < 4.78 is 10.4. The van der Waals surface area contributed by atoms with E-state index in [1.165, 1.54) is 7.11 Å². The Kier molecular flexibility index (Phi) is 5.33. The van der Waals surface area contributed by atoms with Crippen LogP contribution in [0.4, 0.5) is 5.69 Å². The van der Waals surface area contributed by atoms with Crippen molar-refractivity contribution in [3.63, 3.8) is 0 Å². The lowest BCUT2D eigenvalue weighted by Gasteiger charge is -2.19. The molecule has 0 saturated heterocycles. The molecule has 130 valence electrons. The van der Waals surface area contributed by atoms with E-state index >= 15 is 0 Å². The van der Waals surface area contributed by atoms with Crippen LogP contribution in [0.15, 0.2) is 36.4 Å². The number of amides is 1. The number of anilines is 1. The SMILES string of the molecule is COc1ccc(C(=O)Nc2ccc(C(C)(C)C#N)c(C)c2)cc1OC. The minimum Gasteiger partial charge on any atom is -0.493 e. The van der Waals surface area contributed by atoms with Crippen LogP contribution in [0.1, 0.15) is 35.3 Å². The highest BCUT2D eigenvalue weighted by atomic mass is 16.5. The zero-order chi connectivity index (χ0) is 18.6. The molecule has 1 amide bonds. The van der Waals surface area contributed by atoms with Crippen molar-refractivity contribution in [1.82, 2.24) is 0 Å². The molecule has 0 atom stereocenters. The van der Waals surface area contributed by atoms with E-state index in [9.17, 15) is 10.1 Å². The van der Waals surface area contributed by atoms with E-state index in [1.807, 2.05) is 32.9 Å². The predicted molar refractivity (Wildman–Crippen MR) is 97.3 cm³/mol. The Morgan fingerprint density at radius 1 is 1.08 bits per heavy atom. The Morgan fingerprint density at radius 2 is 1.76 bits per heavy atom. The third-order valence-electron chi connectivity index (χ3n) is 4.08. The highest BCUT2D eigenvalue weighted by molar-refractivity contribution is 6.04. The first-order chi connectivity index (χ1) is 11.8. The standard InChI is InChI=1S/C20H22N2O3/c1-13-10-15(7-8-16(13)20(2,3)12-21)22-19(23)14-6-9-17(24-4)18(11-14)25-5/h6-11H,1-5H3,(H,22,23). The molecule has 2 aromatic carbocycles. The van der Waals surface area contributed by atoms with Gasteiger partial charge in [-0.25, -0.2) is 0 Å². The third kappa shape index (κ3) is 3.92. The molecule has 5 nitrogen and oxygen atoms in total. The van der Waals surface area contributed by atoms with Crippen LogP contribution in [-0.4, -0.2) is 20.1 Å². The maximum absolute atomic E-state index is 12.5. The van der Waals surface area contributed by atoms with Crippen LogP contribution in [0.25, 0.3) is 0 Å². The van der Waals surface area contributed by atoms with Gasteiger partial charge in [0, 0.05) is 11.3 Å². The second-order valence-corrected chi connectivity index (χ2v) is 6.29. The van der Waals surface area contributed by atoms with E-state index in [4.69, 9.17) is 9.47 Å². The van der Waals surface area contributed by atoms with E-state index in [-0.39, 0.29) is 5.91 Å². The molecular weight excluding hydrogens is 316 g/mol. The van der Waals surface area contributed by atoms with E-state index in [1.54, 1.807) is 31.4 Å². The molecule has 0 fully saturated rings. The molecule has 0 heterocycles. The maximum atomic E-state index is 12.5. The number of methoxy groups -OCH3 is 2. The Balaban J connectivity index is 2.24. The Labute approximate surface area is 148 Å². The lowest BCUT2D eigenvalue weighted by atomic mass is 9.83. The molecule has 0 saturated carbocycles. The minimum atomic E-state index is -0.573. The Hall–Kier alpha value is -3.00. The number of ether oxygens (including phenoxy) is 2. The van der Waals surface area contributed by atoms with Gasteiger partial charge in [-0.05, 0) is 62.2 Å². The van der Waals surface area contributed by atoms with Crippen molar-refractivity contribution in [2.75, 3.05) is 19.5 Å².